The summed E-state index contributed by atoms with van der Waals surface area (Å²) in [6.45, 7) is 9.25. The number of carbonyl (C=O) groups excluding carboxylic acids is 1. The highest BCUT2D eigenvalue weighted by molar-refractivity contribution is 5.94. The maximum Gasteiger partial charge on any atom is 0.179 e. The number of anilines is 1. The van der Waals surface area contributed by atoms with Crippen LogP contribution in [0.3, 0.4) is 0 Å². The van der Waals surface area contributed by atoms with Crippen molar-refractivity contribution in [3.05, 3.63) is 54.0 Å². The molecule has 0 saturated heterocycles. The molecule has 0 spiro atoms. The van der Waals surface area contributed by atoms with Crippen LogP contribution in [-0.2, 0) is 4.79 Å². The maximum atomic E-state index is 11.5. The lowest BCUT2D eigenvalue weighted by Crippen LogP contribution is -2.41. The third kappa shape index (κ3) is 1.97. The van der Waals surface area contributed by atoms with Gasteiger partial charge in [-0.15, -0.1) is 0 Å². The maximum absolute atomic E-state index is 11.5. The van der Waals surface area contributed by atoms with Crippen LogP contribution in [0.1, 0.15) is 19.4 Å². The first-order valence-corrected chi connectivity index (χ1v) is 5.81. The Balaban J connectivity index is 2.35. The molecule has 4 heteroatoms. The minimum Gasteiger partial charge on any atom is -0.293 e. The highest BCUT2D eigenvalue weighted by atomic mass is 16.1. The second-order valence-corrected chi connectivity index (χ2v) is 4.30. The Morgan fingerprint density at radius 1 is 1.28 bits per heavy atom. The Morgan fingerprint density at radius 3 is 2.39 bits per heavy atom. The minimum absolute atomic E-state index is 0.00830. The van der Waals surface area contributed by atoms with E-state index in [1.165, 1.54) is 5.56 Å². The molecule has 18 heavy (non-hydrogen) atoms. The summed E-state index contributed by atoms with van der Waals surface area (Å²) in [6.07, 6.45) is 1.68. The van der Waals surface area contributed by atoms with Crippen molar-refractivity contribution < 1.29 is 4.79 Å². The van der Waals surface area contributed by atoms with Crippen LogP contribution in [0, 0.1) is 6.92 Å². The molecule has 1 heterocycles. The van der Waals surface area contributed by atoms with E-state index in [4.69, 9.17) is 0 Å². The fraction of sp³-hybridized carbons (Fsp3) is 0.214. The lowest BCUT2D eigenvalue weighted by Gasteiger charge is -2.28. The number of hydrazine groups is 2. The zero-order valence-corrected chi connectivity index (χ0v) is 10.9. The topological polar surface area (TPSA) is 35.6 Å². The monoisotopic (exact) mass is 243 g/mol. The van der Waals surface area contributed by atoms with E-state index in [-0.39, 0.29) is 5.78 Å². The van der Waals surface area contributed by atoms with Gasteiger partial charge < -0.3 is 0 Å². The average Bonchev–Trinajstić information content (AvgIpc) is 2.67. The van der Waals surface area contributed by atoms with Gasteiger partial charge in [-0.3, -0.25) is 10.2 Å². The molecule has 0 aromatic heterocycles. The van der Waals surface area contributed by atoms with Gasteiger partial charge in [0.05, 0.1) is 11.4 Å². The van der Waals surface area contributed by atoms with Gasteiger partial charge in [0.25, 0.3) is 0 Å². The first-order chi connectivity index (χ1) is 8.54. The molecule has 0 bridgehead atoms. The number of carbonyl (C=O) groups is 1. The van der Waals surface area contributed by atoms with Gasteiger partial charge in [-0.05, 0) is 26.0 Å². The van der Waals surface area contributed by atoms with Gasteiger partial charge in [0.2, 0.25) is 0 Å². The SMILES string of the molecule is C=CN1C(C)=C(C(C)=O)NN1c1ccc(C)cc1. The molecule has 0 atom stereocenters. The van der Waals surface area contributed by atoms with Crippen LogP contribution >= 0.6 is 0 Å². The van der Waals surface area contributed by atoms with Crippen LogP contribution in [0.2, 0.25) is 0 Å². The molecule has 94 valence electrons. The predicted molar refractivity (Wildman–Crippen MR) is 72.2 cm³/mol. The summed E-state index contributed by atoms with van der Waals surface area (Å²) in [7, 11) is 0. The Bertz CT molecular complexity index is 516. The van der Waals surface area contributed by atoms with Gasteiger partial charge in [0, 0.05) is 13.1 Å². The van der Waals surface area contributed by atoms with Crippen LogP contribution in [0.5, 0.6) is 0 Å². The molecule has 1 N–H and O–H groups in total. The number of benzene rings is 1. The van der Waals surface area contributed by atoms with E-state index in [1.54, 1.807) is 18.2 Å². The number of nitrogens with one attached hydrogen (secondary N) is 1. The van der Waals surface area contributed by atoms with Crippen LogP contribution in [0.25, 0.3) is 0 Å². The minimum atomic E-state index is 0.00830. The van der Waals surface area contributed by atoms with Gasteiger partial charge in [0.1, 0.15) is 5.70 Å². The Hall–Kier alpha value is -2.23. The molecule has 0 unspecified atom stereocenters. The quantitative estimate of drug-likeness (QED) is 0.884. The van der Waals surface area contributed by atoms with E-state index in [9.17, 15) is 4.79 Å². The van der Waals surface area contributed by atoms with Gasteiger partial charge in [-0.1, -0.05) is 24.3 Å². The summed E-state index contributed by atoms with van der Waals surface area (Å²) in [4.78, 5) is 11.5. The molecule has 4 nitrogen and oxygen atoms in total. The van der Waals surface area contributed by atoms with Gasteiger partial charge in [0.15, 0.2) is 5.78 Å². The standard InChI is InChI=1S/C14H17N3O/c1-5-16-11(3)14(12(4)18)15-17(16)13-8-6-10(2)7-9-13/h5-9,15H,1H2,2-4H3. The van der Waals surface area contributed by atoms with E-state index in [0.29, 0.717) is 5.70 Å². The predicted octanol–water partition coefficient (Wildman–Crippen LogP) is 2.50. The van der Waals surface area contributed by atoms with Crippen LogP contribution in [0.15, 0.2) is 48.4 Å². The first kappa shape index (κ1) is 12.2. The summed E-state index contributed by atoms with van der Waals surface area (Å²) >= 11 is 0. The summed E-state index contributed by atoms with van der Waals surface area (Å²) in [5, 5.41) is 3.62. The molecule has 1 aliphatic heterocycles. The third-order valence-electron chi connectivity index (χ3n) is 2.94. The zero-order chi connectivity index (χ0) is 13.3. The van der Waals surface area contributed by atoms with E-state index in [1.807, 2.05) is 43.1 Å². The van der Waals surface area contributed by atoms with E-state index < -0.39 is 0 Å². The first-order valence-electron chi connectivity index (χ1n) is 5.81. The number of nitrogens with zero attached hydrogens (tertiary/aromatic N) is 2. The number of allylic oxidation sites excluding steroid dienone is 2. The van der Waals surface area contributed by atoms with Gasteiger partial charge >= 0.3 is 0 Å². The second-order valence-electron chi connectivity index (χ2n) is 4.30. The zero-order valence-electron chi connectivity index (χ0n) is 10.9. The van der Waals surface area contributed by atoms with Gasteiger partial charge in [-0.25, -0.2) is 5.01 Å². The lowest BCUT2D eigenvalue weighted by atomic mass is 10.2. The van der Waals surface area contributed by atoms with E-state index in [0.717, 1.165) is 11.4 Å². The summed E-state index contributed by atoms with van der Waals surface area (Å²) in [6, 6.07) is 8.04. The normalized spacial score (nSPS) is 14.8. The summed E-state index contributed by atoms with van der Waals surface area (Å²) < 4.78 is 0. The second kappa shape index (κ2) is 4.56. The molecule has 2 rings (SSSR count). The molecule has 0 aliphatic carbocycles. The largest absolute Gasteiger partial charge is 0.293 e. The van der Waals surface area contributed by atoms with Crippen molar-refractivity contribution in [2.75, 3.05) is 5.12 Å². The van der Waals surface area contributed by atoms with E-state index >= 15 is 0 Å². The van der Waals surface area contributed by atoms with Crippen molar-refractivity contribution in [2.24, 2.45) is 0 Å². The highest BCUT2D eigenvalue weighted by Gasteiger charge is 2.27. The fourth-order valence-electron chi connectivity index (χ4n) is 1.93. The van der Waals surface area contributed by atoms with Crippen molar-refractivity contribution in [1.82, 2.24) is 10.4 Å². The number of Topliss-reactive ketones (excluding diaryl/α,β-unsaturated/α-hetero) is 1. The van der Waals surface area contributed by atoms with E-state index in [2.05, 4.69) is 12.0 Å². The molecule has 0 amide bonds. The molecule has 0 saturated carbocycles. The van der Waals surface area contributed by atoms with Crippen molar-refractivity contribution >= 4 is 11.5 Å². The Morgan fingerprint density at radius 2 is 1.89 bits per heavy atom. The number of aryl methyl sites for hydroxylation is 1. The van der Waals surface area contributed by atoms with Crippen molar-refractivity contribution in [2.45, 2.75) is 20.8 Å². The van der Waals surface area contributed by atoms with Crippen LogP contribution < -0.4 is 10.5 Å². The van der Waals surface area contributed by atoms with Crippen molar-refractivity contribution in [1.29, 1.82) is 0 Å². The fourth-order valence-corrected chi connectivity index (χ4v) is 1.93. The molecular weight excluding hydrogens is 226 g/mol. The summed E-state index contributed by atoms with van der Waals surface area (Å²) in [5.41, 5.74) is 6.68. The molecule has 0 fully saturated rings. The van der Waals surface area contributed by atoms with Crippen LogP contribution in [0.4, 0.5) is 5.69 Å². The number of hydrogen-bond acceptors (Lipinski definition) is 4. The number of hydrogen-bond donors (Lipinski definition) is 1. The highest BCUT2D eigenvalue weighted by Crippen LogP contribution is 2.25. The van der Waals surface area contributed by atoms with Gasteiger partial charge in [-0.2, -0.15) is 5.12 Å². The average molecular weight is 243 g/mol. The molecule has 1 aliphatic rings. The van der Waals surface area contributed by atoms with Crippen molar-refractivity contribution in [3.63, 3.8) is 0 Å². The van der Waals surface area contributed by atoms with Crippen LogP contribution in [-0.4, -0.2) is 10.8 Å². The molecule has 0 radical (unpaired) electrons. The Kier molecular flexibility index (Phi) is 3.10. The molecule has 1 aromatic rings. The number of ketones is 1. The molecule has 1 aromatic carbocycles. The number of rotatable bonds is 3. The summed E-state index contributed by atoms with van der Waals surface area (Å²) in [5.74, 6) is 0.00830. The third-order valence-corrected chi connectivity index (χ3v) is 2.94. The molecular formula is C14H17N3O. The van der Waals surface area contributed by atoms with Crippen molar-refractivity contribution in [3.8, 4) is 0 Å². The lowest BCUT2D eigenvalue weighted by molar-refractivity contribution is -0.113. The smallest absolute Gasteiger partial charge is 0.179 e. The Labute approximate surface area is 107 Å².